The molecule has 6 nitrogen and oxygen atoms in total. The molecule has 1 atom stereocenters. The minimum Gasteiger partial charge on any atom is -0.480 e. The molecule has 0 aromatic heterocycles. The third-order valence-corrected chi connectivity index (χ3v) is 2.16. The maximum absolute atomic E-state index is 11.4. The number of aliphatic hydroxyl groups excluding tert-OH is 1. The summed E-state index contributed by atoms with van der Waals surface area (Å²) in [5.74, 6) is -1.87. The molecular weight excluding hydrogens is 236 g/mol. The molecule has 1 rings (SSSR count). The van der Waals surface area contributed by atoms with E-state index in [9.17, 15) is 9.59 Å². The van der Waals surface area contributed by atoms with Crippen LogP contribution in [0.4, 0.5) is 5.69 Å². The van der Waals surface area contributed by atoms with Crippen LogP contribution in [-0.2, 0) is 9.59 Å². The molecule has 0 unspecified atom stereocenters. The second-order valence-electron chi connectivity index (χ2n) is 3.58. The number of amides is 1. The van der Waals surface area contributed by atoms with Gasteiger partial charge in [0.05, 0.1) is 6.61 Å². The first-order chi connectivity index (χ1) is 8.52. The number of nitrogens with one attached hydrogen (secondary N) is 1. The van der Waals surface area contributed by atoms with Crippen molar-refractivity contribution >= 4 is 23.6 Å². The van der Waals surface area contributed by atoms with Crippen LogP contribution in [0.3, 0.4) is 0 Å². The Morgan fingerprint density at radius 1 is 1.33 bits per heavy atom. The number of rotatable bonds is 5. The third kappa shape index (κ3) is 4.26. The number of hydrogen-bond donors (Lipinski definition) is 4. The van der Waals surface area contributed by atoms with Crippen LogP contribution in [0.15, 0.2) is 30.3 Å². The first kappa shape index (κ1) is 13.7. The van der Waals surface area contributed by atoms with Crippen molar-refractivity contribution in [2.24, 2.45) is 0 Å². The number of aliphatic carboxylic acids is 1. The Morgan fingerprint density at radius 2 is 1.94 bits per heavy atom. The maximum atomic E-state index is 11.4. The van der Waals surface area contributed by atoms with Crippen LogP contribution >= 0.6 is 0 Å². The summed E-state index contributed by atoms with van der Waals surface area (Å²) in [7, 11) is 0. The SMILES string of the molecule is Nc1ccc(/C=C/C(=O)N[C@@H](CO)C(=O)O)cc1. The lowest BCUT2D eigenvalue weighted by atomic mass is 10.2. The van der Waals surface area contributed by atoms with Crippen LogP contribution in [0.2, 0.25) is 0 Å². The van der Waals surface area contributed by atoms with Gasteiger partial charge in [-0.05, 0) is 23.8 Å². The fraction of sp³-hybridized carbons (Fsp3) is 0.167. The highest BCUT2D eigenvalue weighted by Gasteiger charge is 2.16. The average Bonchev–Trinajstić information content (AvgIpc) is 2.35. The fourth-order valence-corrected chi connectivity index (χ4v) is 1.18. The molecule has 18 heavy (non-hydrogen) atoms. The predicted octanol–water partition coefficient (Wildman–Crippen LogP) is -0.156. The van der Waals surface area contributed by atoms with Crippen LogP contribution in [0.5, 0.6) is 0 Å². The number of carbonyl (C=O) groups excluding carboxylic acids is 1. The molecule has 6 heteroatoms. The van der Waals surface area contributed by atoms with Crippen LogP contribution in [-0.4, -0.2) is 34.7 Å². The van der Waals surface area contributed by atoms with Gasteiger partial charge in [0.25, 0.3) is 0 Å². The lowest BCUT2D eigenvalue weighted by molar-refractivity contribution is -0.142. The summed E-state index contributed by atoms with van der Waals surface area (Å²) in [6, 6.07) is 5.52. The van der Waals surface area contributed by atoms with Gasteiger partial charge in [0.1, 0.15) is 0 Å². The van der Waals surface area contributed by atoms with E-state index in [4.69, 9.17) is 15.9 Å². The van der Waals surface area contributed by atoms with Gasteiger partial charge in [-0.15, -0.1) is 0 Å². The molecule has 1 aromatic carbocycles. The van der Waals surface area contributed by atoms with E-state index in [1.807, 2.05) is 0 Å². The Labute approximate surface area is 104 Å². The minimum atomic E-state index is -1.30. The van der Waals surface area contributed by atoms with Gasteiger partial charge in [0, 0.05) is 11.8 Å². The largest absolute Gasteiger partial charge is 0.480 e. The van der Waals surface area contributed by atoms with Gasteiger partial charge in [-0.1, -0.05) is 12.1 Å². The zero-order chi connectivity index (χ0) is 13.5. The summed E-state index contributed by atoms with van der Waals surface area (Å²) in [5, 5.41) is 19.5. The van der Waals surface area contributed by atoms with E-state index in [1.165, 1.54) is 12.2 Å². The number of nitrogen functional groups attached to an aromatic ring is 1. The number of anilines is 1. The first-order valence-corrected chi connectivity index (χ1v) is 5.20. The lowest BCUT2D eigenvalue weighted by Crippen LogP contribution is -2.42. The number of carboxylic acid groups (broad SMARTS) is 1. The quantitative estimate of drug-likeness (QED) is 0.428. The van der Waals surface area contributed by atoms with Crippen molar-refractivity contribution in [3.05, 3.63) is 35.9 Å². The molecule has 0 saturated heterocycles. The van der Waals surface area contributed by atoms with Gasteiger partial charge < -0.3 is 21.3 Å². The number of nitrogens with two attached hydrogens (primary N) is 1. The number of benzene rings is 1. The molecule has 0 spiro atoms. The summed E-state index contributed by atoms with van der Waals surface area (Å²) in [6.45, 7) is -0.656. The Kier molecular flexibility index (Phi) is 4.89. The van der Waals surface area contributed by atoms with Crippen molar-refractivity contribution in [1.82, 2.24) is 5.32 Å². The van der Waals surface area contributed by atoms with E-state index in [-0.39, 0.29) is 0 Å². The smallest absolute Gasteiger partial charge is 0.328 e. The van der Waals surface area contributed by atoms with Crippen molar-refractivity contribution < 1.29 is 19.8 Å². The lowest BCUT2D eigenvalue weighted by Gasteiger charge is -2.09. The number of hydrogen-bond acceptors (Lipinski definition) is 4. The van der Waals surface area contributed by atoms with Crippen LogP contribution < -0.4 is 11.1 Å². The molecule has 0 aliphatic carbocycles. The highest BCUT2D eigenvalue weighted by atomic mass is 16.4. The van der Waals surface area contributed by atoms with E-state index < -0.39 is 24.5 Å². The van der Waals surface area contributed by atoms with Gasteiger partial charge in [-0.3, -0.25) is 4.79 Å². The minimum absolute atomic E-state index is 0.590. The van der Waals surface area contributed by atoms with Crippen LogP contribution in [0.25, 0.3) is 6.08 Å². The zero-order valence-corrected chi connectivity index (χ0v) is 9.54. The normalized spacial score (nSPS) is 12.3. The van der Waals surface area contributed by atoms with Crippen molar-refractivity contribution in [2.45, 2.75) is 6.04 Å². The van der Waals surface area contributed by atoms with Crippen molar-refractivity contribution in [3.8, 4) is 0 Å². The number of aliphatic hydroxyl groups is 1. The van der Waals surface area contributed by atoms with Crippen molar-refractivity contribution in [1.29, 1.82) is 0 Å². The predicted molar refractivity (Wildman–Crippen MR) is 66.5 cm³/mol. The Bertz CT molecular complexity index is 454. The second-order valence-corrected chi connectivity index (χ2v) is 3.58. The first-order valence-electron chi connectivity index (χ1n) is 5.20. The molecule has 96 valence electrons. The second kappa shape index (κ2) is 6.41. The summed E-state index contributed by atoms with van der Waals surface area (Å²) in [5.41, 5.74) is 6.88. The Balaban J connectivity index is 2.59. The van der Waals surface area contributed by atoms with Crippen molar-refractivity contribution in [3.63, 3.8) is 0 Å². The summed E-state index contributed by atoms with van der Waals surface area (Å²) in [6.07, 6.45) is 2.71. The molecule has 0 aliphatic heterocycles. The molecule has 5 N–H and O–H groups in total. The van der Waals surface area contributed by atoms with Crippen LogP contribution in [0, 0.1) is 0 Å². The molecule has 1 amide bonds. The Hall–Kier alpha value is -2.34. The van der Waals surface area contributed by atoms with Gasteiger partial charge in [-0.2, -0.15) is 0 Å². The van der Waals surface area contributed by atoms with E-state index in [1.54, 1.807) is 24.3 Å². The van der Waals surface area contributed by atoms with Gasteiger partial charge in [0.2, 0.25) is 5.91 Å². The molecule has 0 aliphatic rings. The molecule has 0 fully saturated rings. The van der Waals surface area contributed by atoms with E-state index in [2.05, 4.69) is 5.32 Å². The van der Waals surface area contributed by atoms with Gasteiger partial charge in [-0.25, -0.2) is 4.79 Å². The molecule has 0 radical (unpaired) electrons. The highest BCUT2D eigenvalue weighted by molar-refractivity contribution is 5.94. The summed E-state index contributed by atoms with van der Waals surface area (Å²) in [4.78, 5) is 21.9. The van der Waals surface area contributed by atoms with E-state index in [0.717, 1.165) is 5.56 Å². The van der Waals surface area contributed by atoms with E-state index in [0.29, 0.717) is 5.69 Å². The molecule has 0 bridgehead atoms. The highest BCUT2D eigenvalue weighted by Crippen LogP contribution is 2.06. The summed E-state index contributed by atoms with van der Waals surface area (Å²) >= 11 is 0. The topological polar surface area (TPSA) is 113 Å². The van der Waals surface area contributed by atoms with Crippen molar-refractivity contribution in [2.75, 3.05) is 12.3 Å². The molecule has 0 heterocycles. The number of carboxylic acids is 1. The Morgan fingerprint density at radius 3 is 2.44 bits per heavy atom. The summed E-state index contributed by atoms with van der Waals surface area (Å²) < 4.78 is 0. The van der Waals surface area contributed by atoms with Gasteiger partial charge in [0.15, 0.2) is 6.04 Å². The standard InChI is InChI=1S/C12H14N2O4/c13-9-4-1-8(2-5-9)3-6-11(16)14-10(7-15)12(17)18/h1-6,10,15H,7,13H2,(H,14,16)(H,17,18)/b6-3+/t10-/m0/s1. The number of carbonyl (C=O) groups is 2. The average molecular weight is 250 g/mol. The maximum Gasteiger partial charge on any atom is 0.328 e. The fourth-order valence-electron chi connectivity index (χ4n) is 1.18. The zero-order valence-electron chi connectivity index (χ0n) is 9.54. The van der Waals surface area contributed by atoms with E-state index >= 15 is 0 Å². The van der Waals surface area contributed by atoms with Gasteiger partial charge >= 0.3 is 5.97 Å². The molecular formula is C12H14N2O4. The molecule has 0 saturated carbocycles. The third-order valence-electron chi connectivity index (χ3n) is 2.16. The monoisotopic (exact) mass is 250 g/mol. The van der Waals surface area contributed by atoms with Crippen LogP contribution in [0.1, 0.15) is 5.56 Å². The molecule has 1 aromatic rings.